The molecule has 1 aliphatic heterocycles. The van der Waals surface area contributed by atoms with Crippen molar-refractivity contribution >= 4 is 11.6 Å². The molecule has 1 fully saturated rings. The molecular weight excluding hydrogens is 242 g/mol. The van der Waals surface area contributed by atoms with Gasteiger partial charge in [0.25, 0.3) is 0 Å². The zero-order valence-electron chi connectivity index (χ0n) is 11.0. The molecule has 5 heteroatoms. The number of ether oxygens (including phenoxy) is 1. The molecule has 0 spiro atoms. The summed E-state index contributed by atoms with van der Waals surface area (Å²) in [6, 6.07) is 3.51. The lowest BCUT2D eigenvalue weighted by atomic mass is 10.3. The molecule has 3 heterocycles. The predicted molar refractivity (Wildman–Crippen MR) is 71.0 cm³/mol. The minimum Gasteiger partial charge on any atom is -0.465 e. The Morgan fingerprint density at radius 2 is 2.21 bits per heavy atom. The molecule has 0 radical (unpaired) electrons. The standard InChI is InChI=1S/C14H17N3O2/c1-19-14(18)11-4-7-17-10-12(15-13(17)8-11)9-16-5-2-3-6-16/h4,7-8,10H,2-3,5-6,9H2,1H3. The van der Waals surface area contributed by atoms with Gasteiger partial charge in [-0.1, -0.05) is 0 Å². The van der Waals surface area contributed by atoms with E-state index in [1.165, 1.54) is 20.0 Å². The largest absolute Gasteiger partial charge is 0.465 e. The highest BCUT2D eigenvalue weighted by atomic mass is 16.5. The number of likely N-dealkylation sites (tertiary alicyclic amines) is 1. The Bertz CT molecular complexity index is 600. The Hall–Kier alpha value is -1.88. The second-order valence-electron chi connectivity index (χ2n) is 4.89. The van der Waals surface area contributed by atoms with E-state index in [9.17, 15) is 4.79 Å². The summed E-state index contributed by atoms with van der Waals surface area (Å²) in [7, 11) is 1.39. The highest BCUT2D eigenvalue weighted by molar-refractivity contribution is 5.90. The van der Waals surface area contributed by atoms with Gasteiger partial charge in [0.1, 0.15) is 5.65 Å². The number of carbonyl (C=O) groups is 1. The molecule has 1 saturated heterocycles. The Morgan fingerprint density at radius 1 is 1.42 bits per heavy atom. The number of pyridine rings is 1. The van der Waals surface area contributed by atoms with Gasteiger partial charge in [0, 0.05) is 18.9 Å². The minimum absolute atomic E-state index is 0.327. The van der Waals surface area contributed by atoms with Crippen molar-refractivity contribution in [3.63, 3.8) is 0 Å². The molecule has 0 bridgehead atoms. The zero-order valence-corrected chi connectivity index (χ0v) is 11.0. The van der Waals surface area contributed by atoms with Crippen LogP contribution in [-0.4, -0.2) is 40.5 Å². The molecule has 19 heavy (non-hydrogen) atoms. The highest BCUT2D eigenvalue weighted by Crippen LogP contribution is 2.14. The first kappa shape index (κ1) is 12.2. The maximum Gasteiger partial charge on any atom is 0.338 e. The fourth-order valence-electron chi connectivity index (χ4n) is 2.53. The van der Waals surface area contributed by atoms with E-state index in [1.807, 2.05) is 16.8 Å². The van der Waals surface area contributed by atoms with Crippen LogP contribution < -0.4 is 0 Å². The van der Waals surface area contributed by atoms with Crippen LogP contribution in [0.3, 0.4) is 0 Å². The van der Waals surface area contributed by atoms with E-state index in [-0.39, 0.29) is 5.97 Å². The topological polar surface area (TPSA) is 46.8 Å². The van der Waals surface area contributed by atoms with Gasteiger partial charge in [0.05, 0.1) is 18.4 Å². The normalized spacial score (nSPS) is 16.1. The third kappa shape index (κ3) is 2.46. The van der Waals surface area contributed by atoms with Gasteiger partial charge < -0.3 is 9.14 Å². The molecule has 3 rings (SSSR count). The van der Waals surface area contributed by atoms with Crippen molar-refractivity contribution in [2.24, 2.45) is 0 Å². The van der Waals surface area contributed by atoms with Gasteiger partial charge in [-0.25, -0.2) is 9.78 Å². The molecule has 2 aromatic heterocycles. The highest BCUT2D eigenvalue weighted by Gasteiger charge is 2.14. The van der Waals surface area contributed by atoms with E-state index in [1.54, 1.807) is 12.1 Å². The van der Waals surface area contributed by atoms with Crippen molar-refractivity contribution in [1.82, 2.24) is 14.3 Å². The number of nitrogens with zero attached hydrogens (tertiary/aromatic N) is 3. The minimum atomic E-state index is -0.327. The summed E-state index contributed by atoms with van der Waals surface area (Å²) in [4.78, 5) is 18.4. The Morgan fingerprint density at radius 3 is 2.95 bits per heavy atom. The number of aromatic nitrogens is 2. The average molecular weight is 259 g/mol. The third-order valence-corrected chi connectivity index (χ3v) is 3.52. The first-order valence-electron chi connectivity index (χ1n) is 6.54. The summed E-state index contributed by atoms with van der Waals surface area (Å²) in [6.45, 7) is 3.19. The van der Waals surface area contributed by atoms with Crippen LogP contribution in [0.1, 0.15) is 28.9 Å². The molecule has 0 atom stereocenters. The van der Waals surface area contributed by atoms with Gasteiger partial charge >= 0.3 is 5.97 Å². The lowest BCUT2D eigenvalue weighted by Crippen LogP contribution is -2.18. The van der Waals surface area contributed by atoms with Crippen LogP contribution in [0, 0.1) is 0 Å². The average Bonchev–Trinajstić information content (AvgIpc) is 3.05. The van der Waals surface area contributed by atoms with Gasteiger partial charge in [0.2, 0.25) is 0 Å². The molecule has 0 aliphatic carbocycles. The van der Waals surface area contributed by atoms with Crippen molar-refractivity contribution in [2.75, 3.05) is 20.2 Å². The Balaban J connectivity index is 1.85. The van der Waals surface area contributed by atoms with Gasteiger partial charge in [0.15, 0.2) is 0 Å². The van der Waals surface area contributed by atoms with Gasteiger partial charge in [-0.15, -0.1) is 0 Å². The number of hydrogen-bond donors (Lipinski definition) is 0. The van der Waals surface area contributed by atoms with Crippen molar-refractivity contribution in [2.45, 2.75) is 19.4 Å². The molecule has 0 amide bonds. The zero-order chi connectivity index (χ0) is 13.2. The lowest BCUT2D eigenvalue weighted by Gasteiger charge is -2.11. The van der Waals surface area contributed by atoms with E-state index < -0.39 is 0 Å². The molecule has 2 aromatic rings. The first-order valence-corrected chi connectivity index (χ1v) is 6.54. The van der Waals surface area contributed by atoms with Crippen LogP contribution in [0.15, 0.2) is 24.5 Å². The molecule has 0 unspecified atom stereocenters. The van der Waals surface area contributed by atoms with Gasteiger partial charge in [-0.2, -0.15) is 0 Å². The van der Waals surface area contributed by atoms with Gasteiger partial charge in [-0.3, -0.25) is 4.90 Å². The summed E-state index contributed by atoms with van der Waals surface area (Å²) in [5.41, 5.74) is 2.37. The quantitative estimate of drug-likeness (QED) is 0.787. The van der Waals surface area contributed by atoms with E-state index in [2.05, 4.69) is 9.88 Å². The molecule has 5 nitrogen and oxygen atoms in total. The fraction of sp³-hybridized carbons (Fsp3) is 0.429. The van der Waals surface area contributed by atoms with Crippen molar-refractivity contribution in [3.8, 4) is 0 Å². The molecule has 0 N–H and O–H groups in total. The smallest absolute Gasteiger partial charge is 0.338 e. The van der Waals surface area contributed by atoms with Crippen LogP contribution in [0.25, 0.3) is 5.65 Å². The summed E-state index contributed by atoms with van der Waals surface area (Å²) in [6.07, 6.45) is 6.43. The number of fused-ring (bicyclic) bond motifs is 1. The second kappa shape index (κ2) is 5.01. The second-order valence-corrected chi connectivity index (χ2v) is 4.89. The van der Waals surface area contributed by atoms with Crippen molar-refractivity contribution < 1.29 is 9.53 Å². The fourth-order valence-corrected chi connectivity index (χ4v) is 2.53. The summed E-state index contributed by atoms with van der Waals surface area (Å²) < 4.78 is 6.66. The lowest BCUT2D eigenvalue weighted by molar-refractivity contribution is 0.0600. The monoisotopic (exact) mass is 259 g/mol. The molecule has 0 saturated carbocycles. The Kier molecular flexibility index (Phi) is 3.21. The van der Waals surface area contributed by atoms with E-state index in [0.717, 1.165) is 31.0 Å². The van der Waals surface area contributed by atoms with E-state index in [4.69, 9.17) is 4.74 Å². The van der Waals surface area contributed by atoms with Crippen molar-refractivity contribution in [1.29, 1.82) is 0 Å². The molecule has 100 valence electrons. The summed E-state index contributed by atoms with van der Waals surface area (Å²) in [5, 5.41) is 0. The van der Waals surface area contributed by atoms with Gasteiger partial charge in [-0.05, 0) is 38.1 Å². The number of hydrogen-bond acceptors (Lipinski definition) is 4. The molecule has 0 aromatic carbocycles. The van der Waals surface area contributed by atoms with E-state index >= 15 is 0 Å². The maximum absolute atomic E-state index is 11.5. The maximum atomic E-state index is 11.5. The number of methoxy groups -OCH3 is 1. The van der Waals surface area contributed by atoms with Crippen LogP contribution in [-0.2, 0) is 11.3 Å². The molecular formula is C14H17N3O2. The van der Waals surface area contributed by atoms with Crippen molar-refractivity contribution in [3.05, 3.63) is 35.8 Å². The van der Waals surface area contributed by atoms with E-state index in [0.29, 0.717) is 5.56 Å². The van der Waals surface area contributed by atoms with Crippen LogP contribution in [0.4, 0.5) is 0 Å². The van der Waals surface area contributed by atoms with Crippen LogP contribution in [0.5, 0.6) is 0 Å². The third-order valence-electron chi connectivity index (χ3n) is 3.52. The summed E-state index contributed by atoms with van der Waals surface area (Å²) >= 11 is 0. The predicted octanol–water partition coefficient (Wildman–Crippen LogP) is 1.72. The number of imidazole rings is 1. The van der Waals surface area contributed by atoms with Crippen LogP contribution >= 0.6 is 0 Å². The number of esters is 1. The first-order chi connectivity index (χ1) is 9.26. The number of rotatable bonds is 3. The Labute approximate surface area is 111 Å². The number of carbonyl (C=O) groups excluding carboxylic acids is 1. The van der Waals surface area contributed by atoms with Crippen LogP contribution in [0.2, 0.25) is 0 Å². The SMILES string of the molecule is COC(=O)c1ccn2cc(CN3CCCC3)nc2c1. The molecule has 1 aliphatic rings. The summed E-state index contributed by atoms with van der Waals surface area (Å²) in [5.74, 6) is -0.327.